The van der Waals surface area contributed by atoms with E-state index in [1.54, 1.807) is 31.2 Å². The number of nitrogens with one attached hydrogen (secondary N) is 1. The van der Waals surface area contributed by atoms with Crippen molar-refractivity contribution in [2.24, 2.45) is 0 Å². The van der Waals surface area contributed by atoms with Crippen LogP contribution in [0.1, 0.15) is 6.92 Å². The summed E-state index contributed by atoms with van der Waals surface area (Å²) in [6.07, 6.45) is 0. The first kappa shape index (κ1) is 20.1. The Labute approximate surface area is 166 Å². The fourth-order valence-corrected chi connectivity index (χ4v) is 2.77. The molecule has 150 valence electrons. The Morgan fingerprint density at radius 2 is 1.83 bits per heavy atom. The molecule has 0 spiro atoms. The molecule has 0 aliphatic carbocycles. The van der Waals surface area contributed by atoms with E-state index < -0.39 is 30.1 Å². The van der Waals surface area contributed by atoms with E-state index in [4.69, 9.17) is 9.47 Å². The lowest BCUT2D eigenvalue weighted by molar-refractivity contribution is -0.144. The molecule has 1 amide bonds. The number of likely N-dealkylation sites (N-methyl/N-ethyl adjacent to an activating group) is 1. The van der Waals surface area contributed by atoms with Gasteiger partial charge in [0.2, 0.25) is 11.7 Å². The molecule has 0 radical (unpaired) electrons. The van der Waals surface area contributed by atoms with E-state index in [-0.39, 0.29) is 18.1 Å². The van der Waals surface area contributed by atoms with Crippen LogP contribution in [0.5, 0.6) is 0 Å². The number of ketones is 1. The number of esters is 1. The molecule has 8 heteroatoms. The van der Waals surface area contributed by atoms with Crippen LogP contribution in [0.2, 0.25) is 0 Å². The fraction of sp³-hybridized carbons (Fsp3) is 0.190. The number of benzene rings is 2. The summed E-state index contributed by atoms with van der Waals surface area (Å²) in [5.41, 5.74) is 0.833. The zero-order chi connectivity index (χ0) is 20.8. The molecule has 2 aromatic carbocycles. The molecule has 0 unspecified atom stereocenters. The number of ether oxygens (including phenoxy) is 2. The largest absolute Gasteiger partial charge is 0.470 e. The minimum absolute atomic E-state index is 0.00969. The molecule has 3 rings (SSSR count). The quantitative estimate of drug-likeness (QED) is 0.570. The third-order valence-electron chi connectivity index (χ3n) is 4.17. The Balaban J connectivity index is 1.67. The van der Waals surface area contributed by atoms with Gasteiger partial charge in [0.1, 0.15) is 5.82 Å². The van der Waals surface area contributed by atoms with Crippen LogP contribution >= 0.6 is 0 Å². The van der Waals surface area contributed by atoms with Crippen molar-refractivity contribution in [2.45, 2.75) is 6.92 Å². The number of rotatable bonds is 7. The number of carbonyl (C=O) groups is 3. The summed E-state index contributed by atoms with van der Waals surface area (Å²) in [7, 11) is 0. The molecule has 7 nitrogen and oxygen atoms in total. The first-order chi connectivity index (χ1) is 14.0. The van der Waals surface area contributed by atoms with Crippen LogP contribution < -0.4 is 10.2 Å². The molecule has 0 atom stereocenters. The summed E-state index contributed by atoms with van der Waals surface area (Å²) in [4.78, 5) is 38.2. The van der Waals surface area contributed by atoms with Gasteiger partial charge in [0, 0.05) is 17.9 Å². The first-order valence-corrected chi connectivity index (χ1v) is 8.95. The highest BCUT2D eigenvalue weighted by atomic mass is 19.1. The number of anilines is 2. The zero-order valence-electron chi connectivity index (χ0n) is 15.7. The topological polar surface area (TPSA) is 84.9 Å². The Morgan fingerprint density at radius 1 is 1.14 bits per heavy atom. The summed E-state index contributed by atoms with van der Waals surface area (Å²) in [6, 6.07) is 14.3. The second-order valence-electron chi connectivity index (χ2n) is 6.10. The van der Waals surface area contributed by atoms with Crippen LogP contribution in [0.15, 0.2) is 66.1 Å². The maximum atomic E-state index is 13.1. The van der Waals surface area contributed by atoms with Gasteiger partial charge in [0.05, 0.1) is 0 Å². The Kier molecular flexibility index (Phi) is 6.23. The van der Waals surface area contributed by atoms with Gasteiger partial charge in [0.25, 0.3) is 5.91 Å². The number of halogens is 1. The molecule has 1 aliphatic rings. The molecule has 0 saturated heterocycles. The minimum Gasteiger partial charge on any atom is -0.470 e. The number of nitrogens with zero attached hydrogens (tertiary/aromatic N) is 1. The van der Waals surface area contributed by atoms with Crippen LogP contribution in [-0.4, -0.2) is 37.4 Å². The van der Waals surface area contributed by atoms with Crippen molar-refractivity contribution in [1.29, 1.82) is 0 Å². The third-order valence-corrected chi connectivity index (χ3v) is 4.17. The average molecular weight is 398 g/mol. The van der Waals surface area contributed by atoms with Crippen molar-refractivity contribution in [2.75, 3.05) is 30.0 Å². The first-order valence-electron chi connectivity index (χ1n) is 8.95. The van der Waals surface area contributed by atoms with Crippen molar-refractivity contribution in [1.82, 2.24) is 0 Å². The molecule has 0 saturated carbocycles. The van der Waals surface area contributed by atoms with Crippen molar-refractivity contribution in [3.63, 3.8) is 0 Å². The smallest absolute Gasteiger partial charge is 0.347 e. The molecule has 0 bridgehead atoms. The van der Waals surface area contributed by atoms with Gasteiger partial charge in [-0.15, -0.1) is 0 Å². The predicted molar refractivity (Wildman–Crippen MR) is 103 cm³/mol. The van der Waals surface area contributed by atoms with Gasteiger partial charge in [-0.2, -0.15) is 0 Å². The average Bonchev–Trinajstić information content (AvgIpc) is 3.09. The number of hydrogen-bond donors (Lipinski definition) is 1. The molecular weight excluding hydrogens is 379 g/mol. The maximum absolute atomic E-state index is 13.1. The zero-order valence-corrected chi connectivity index (χ0v) is 15.7. The number of Topliss-reactive ketones (excluding diaryl/α,β-unsaturated/α-hetero) is 1. The van der Waals surface area contributed by atoms with Crippen molar-refractivity contribution in [3.05, 3.63) is 71.9 Å². The monoisotopic (exact) mass is 398 g/mol. The lowest BCUT2D eigenvalue weighted by Gasteiger charge is -2.20. The van der Waals surface area contributed by atoms with Crippen molar-refractivity contribution >= 4 is 29.0 Å². The van der Waals surface area contributed by atoms with E-state index in [0.717, 1.165) is 0 Å². The maximum Gasteiger partial charge on any atom is 0.347 e. The number of para-hydroxylation sites is 1. The predicted octanol–water partition coefficient (Wildman–Crippen LogP) is 2.64. The van der Waals surface area contributed by atoms with E-state index >= 15 is 0 Å². The fourth-order valence-electron chi connectivity index (χ4n) is 2.77. The Morgan fingerprint density at radius 3 is 2.48 bits per heavy atom. The Bertz CT molecular complexity index is 941. The van der Waals surface area contributed by atoms with E-state index in [0.29, 0.717) is 17.9 Å². The van der Waals surface area contributed by atoms with Crippen LogP contribution in [0, 0.1) is 5.82 Å². The molecule has 1 heterocycles. The number of carbonyl (C=O) groups excluding carboxylic acids is 3. The van der Waals surface area contributed by atoms with Gasteiger partial charge in [0.15, 0.2) is 18.8 Å². The van der Waals surface area contributed by atoms with E-state index in [1.165, 1.54) is 29.2 Å². The highest BCUT2D eigenvalue weighted by molar-refractivity contribution is 6.20. The van der Waals surface area contributed by atoms with Gasteiger partial charge in [-0.1, -0.05) is 18.2 Å². The SMILES string of the molecule is CCN(C(=O)COC(=O)C1=C(Nc2ccccc2)OCC1=O)c1ccc(F)cc1. The van der Waals surface area contributed by atoms with Crippen LogP contribution in [0.3, 0.4) is 0 Å². The van der Waals surface area contributed by atoms with Crippen LogP contribution in [0.4, 0.5) is 15.8 Å². The van der Waals surface area contributed by atoms with Crippen LogP contribution in [0.25, 0.3) is 0 Å². The summed E-state index contributed by atoms with van der Waals surface area (Å²) >= 11 is 0. The number of hydrogen-bond acceptors (Lipinski definition) is 6. The molecule has 1 N–H and O–H groups in total. The van der Waals surface area contributed by atoms with Crippen molar-refractivity contribution < 1.29 is 28.2 Å². The van der Waals surface area contributed by atoms with E-state index in [1.807, 2.05) is 6.07 Å². The highest BCUT2D eigenvalue weighted by Crippen LogP contribution is 2.21. The molecule has 0 aromatic heterocycles. The normalized spacial score (nSPS) is 13.1. The molecular formula is C21H19FN2O5. The molecule has 29 heavy (non-hydrogen) atoms. The summed E-state index contributed by atoms with van der Waals surface area (Å²) < 4.78 is 23.4. The number of amides is 1. The summed E-state index contributed by atoms with van der Waals surface area (Å²) in [6.45, 7) is 1.18. The van der Waals surface area contributed by atoms with Crippen LogP contribution in [-0.2, 0) is 23.9 Å². The van der Waals surface area contributed by atoms with Gasteiger partial charge >= 0.3 is 5.97 Å². The standard InChI is InChI=1S/C21H19FN2O5/c1-2-24(16-10-8-14(22)9-11-16)18(26)13-29-21(27)19-17(25)12-28-20(19)23-15-6-4-3-5-7-15/h3-11,23H,2,12-13H2,1H3. The van der Waals surface area contributed by atoms with Gasteiger partial charge in [-0.25, -0.2) is 9.18 Å². The van der Waals surface area contributed by atoms with E-state index in [2.05, 4.69) is 5.32 Å². The lowest BCUT2D eigenvalue weighted by Crippen LogP contribution is -2.35. The lowest BCUT2D eigenvalue weighted by atomic mass is 10.2. The third kappa shape index (κ3) is 4.78. The van der Waals surface area contributed by atoms with Crippen molar-refractivity contribution in [3.8, 4) is 0 Å². The summed E-state index contributed by atoms with van der Waals surface area (Å²) in [5, 5.41) is 2.86. The van der Waals surface area contributed by atoms with Gasteiger partial charge in [-0.05, 0) is 43.3 Å². The minimum atomic E-state index is -0.950. The molecule has 2 aromatic rings. The van der Waals surface area contributed by atoms with Gasteiger partial charge < -0.3 is 19.7 Å². The Hall–Kier alpha value is -3.68. The summed E-state index contributed by atoms with van der Waals surface area (Å²) in [5.74, 6) is -2.42. The second-order valence-corrected chi connectivity index (χ2v) is 6.10. The van der Waals surface area contributed by atoms with Gasteiger partial charge in [-0.3, -0.25) is 9.59 Å². The van der Waals surface area contributed by atoms with E-state index in [9.17, 15) is 18.8 Å². The highest BCUT2D eigenvalue weighted by Gasteiger charge is 2.33. The molecule has 0 fully saturated rings. The second kappa shape index (κ2) is 9.01. The molecule has 1 aliphatic heterocycles.